The van der Waals surface area contributed by atoms with E-state index in [1.54, 1.807) is 74.1 Å². The van der Waals surface area contributed by atoms with Crippen molar-refractivity contribution in [1.29, 1.82) is 0 Å². The normalized spacial score (nSPS) is 12.1. The number of hydrogen-bond acceptors (Lipinski definition) is 6. The summed E-state index contributed by atoms with van der Waals surface area (Å²) >= 11 is 0. The molecule has 9 nitrogen and oxygen atoms in total. The first kappa shape index (κ1) is 28.0. The molecule has 2 aromatic heterocycles. The monoisotopic (exact) mass is 508 g/mol. The molecular formula is C28H36N4O5. The summed E-state index contributed by atoms with van der Waals surface area (Å²) in [4.78, 5) is 42.1. The fourth-order valence-corrected chi connectivity index (χ4v) is 3.39. The zero-order chi connectivity index (χ0) is 27.4. The number of rotatable bonds is 11. The van der Waals surface area contributed by atoms with E-state index in [-0.39, 0.29) is 29.1 Å². The number of anilines is 2. The second-order valence-electron chi connectivity index (χ2n) is 10.4. The lowest BCUT2D eigenvalue weighted by atomic mass is 10.1. The predicted molar refractivity (Wildman–Crippen MR) is 143 cm³/mol. The summed E-state index contributed by atoms with van der Waals surface area (Å²) in [7, 11) is 1.65. The van der Waals surface area contributed by atoms with Gasteiger partial charge in [-0.25, -0.2) is 4.98 Å². The second kappa shape index (κ2) is 11.2. The Morgan fingerprint density at radius 3 is 2.22 bits per heavy atom. The minimum Gasteiger partial charge on any atom is -0.379 e. The van der Waals surface area contributed by atoms with Gasteiger partial charge in [-0.3, -0.25) is 14.4 Å². The van der Waals surface area contributed by atoms with E-state index in [4.69, 9.17) is 9.47 Å². The molecule has 2 amide bonds. The number of amides is 2. The average molecular weight is 509 g/mol. The van der Waals surface area contributed by atoms with Gasteiger partial charge in [-0.1, -0.05) is 13.8 Å². The van der Waals surface area contributed by atoms with E-state index in [2.05, 4.69) is 15.6 Å². The van der Waals surface area contributed by atoms with Gasteiger partial charge >= 0.3 is 0 Å². The molecule has 9 heteroatoms. The van der Waals surface area contributed by atoms with E-state index >= 15 is 0 Å². The highest BCUT2D eigenvalue weighted by atomic mass is 16.5. The lowest BCUT2D eigenvalue weighted by Gasteiger charge is -2.28. The lowest BCUT2D eigenvalue weighted by Crippen LogP contribution is -2.41. The van der Waals surface area contributed by atoms with Gasteiger partial charge in [0.15, 0.2) is 5.78 Å². The van der Waals surface area contributed by atoms with Crippen molar-refractivity contribution < 1.29 is 23.9 Å². The molecule has 0 aliphatic rings. The minimum atomic E-state index is -1.04. The fraction of sp³-hybridized carbons (Fsp3) is 0.429. The first-order valence-corrected chi connectivity index (χ1v) is 12.3. The summed E-state index contributed by atoms with van der Waals surface area (Å²) < 4.78 is 12.9. The molecule has 198 valence electrons. The van der Waals surface area contributed by atoms with Crippen molar-refractivity contribution in [2.45, 2.75) is 59.2 Å². The Labute approximate surface area is 217 Å². The Morgan fingerprint density at radius 2 is 1.59 bits per heavy atom. The topological polar surface area (TPSA) is 111 Å². The summed E-state index contributed by atoms with van der Waals surface area (Å²) in [5.74, 6) is -0.778. The Balaban J connectivity index is 1.60. The number of nitrogens with zero attached hydrogens (tertiary/aromatic N) is 2. The van der Waals surface area contributed by atoms with Crippen LogP contribution >= 0.6 is 0 Å². The summed E-state index contributed by atoms with van der Waals surface area (Å²) in [6.45, 7) is 11.4. The van der Waals surface area contributed by atoms with E-state index < -0.39 is 5.60 Å². The van der Waals surface area contributed by atoms with Crippen LogP contribution in [-0.4, -0.2) is 51.9 Å². The van der Waals surface area contributed by atoms with Gasteiger partial charge < -0.3 is 24.5 Å². The van der Waals surface area contributed by atoms with Gasteiger partial charge in [0, 0.05) is 36.7 Å². The van der Waals surface area contributed by atoms with Gasteiger partial charge in [0.1, 0.15) is 16.9 Å². The van der Waals surface area contributed by atoms with E-state index in [0.717, 1.165) is 0 Å². The lowest BCUT2D eigenvalue weighted by molar-refractivity contribution is -0.139. The summed E-state index contributed by atoms with van der Waals surface area (Å²) in [6, 6.07) is 10.1. The number of ketones is 1. The van der Waals surface area contributed by atoms with Gasteiger partial charge in [-0.15, -0.1) is 0 Å². The number of aromatic nitrogens is 2. The van der Waals surface area contributed by atoms with Crippen molar-refractivity contribution >= 4 is 34.6 Å². The highest BCUT2D eigenvalue weighted by molar-refractivity contribution is 6.05. The number of fused-ring (bicyclic) bond motifs is 1. The predicted octanol–water partition coefficient (Wildman–Crippen LogP) is 4.97. The van der Waals surface area contributed by atoms with Crippen molar-refractivity contribution in [2.75, 3.05) is 24.4 Å². The average Bonchev–Trinajstić information content (AvgIpc) is 3.27. The molecule has 0 fully saturated rings. The number of hydrogen-bond donors (Lipinski definition) is 2. The van der Waals surface area contributed by atoms with Crippen LogP contribution < -0.4 is 10.6 Å². The Morgan fingerprint density at radius 1 is 0.946 bits per heavy atom. The van der Waals surface area contributed by atoms with Crippen LogP contribution in [0.15, 0.2) is 48.8 Å². The Hall–Kier alpha value is -3.56. The molecule has 0 saturated carbocycles. The maximum Gasteiger partial charge on any atom is 0.256 e. The van der Waals surface area contributed by atoms with Crippen LogP contribution in [0.3, 0.4) is 0 Å². The molecule has 2 heterocycles. The highest BCUT2D eigenvalue weighted by Crippen LogP contribution is 2.20. The molecule has 0 saturated heterocycles. The molecule has 0 aliphatic heterocycles. The minimum absolute atomic E-state index is 0.0357. The van der Waals surface area contributed by atoms with Crippen molar-refractivity contribution in [3.8, 4) is 0 Å². The first-order valence-electron chi connectivity index (χ1n) is 12.3. The number of methoxy groups -OCH3 is 1. The van der Waals surface area contributed by atoms with Gasteiger partial charge in [-0.2, -0.15) is 0 Å². The molecule has 1 aromatic carbocycles. The van der Waals surface area contributed by atoms with Gasteiger partial charge in [0.2, 0.25) is 0 Å². The van der Waals surface area contributed by atoms with Crippen LogP contribution in [-0.2, 0) is 14.3 Å². The molecule has 0 spiro atoms. The SMILES string of the molecule is COC(C)(C)CCOC(C)(C)C(=O)Nc1ccc(C(=O)Nc2ccc3nc(C(=O)C(C)C)cn3c2)cc1. The third-order valence-corrected chi connectivity index (χ3v) is 6.16. The summed E-state index contributed by atoms with van der Waals surface area (Å²) in [5.41, 5.74) is 1.19. The zero-order valence-electron chi connectivity index (χ0n) is 22.5. The number of nitrogens with one attached hydrogen (secondary N) is 2. The third-order valence-electron chi connectivity index (χ3n) is 6.16. The van der Waals surface area contributed by atoms with Crippen LogP contribution in [0.25, 0.3) is 5.65 Å². The number of pyridine rings is 1. The second-order valence-corrected chi connectivity index (χ2v) is 10.4. The van der Waals surface area contributed by atoms with Gasteiger partial charge in [0.05, 0.1) is 17.9 Å². The first-order chi connectivity index (χ1) is 17.3. The Bertz CT molecular complexity index is 1280. The van der Waals surface area contributed by atoms with Gasteiger partial charge in [0.25, 0.3) is 11.8 Å². The highest BCUT2D eigenvalue weighted by Gasteiger charge is 2.29. The number of carbonyl (C=O) groups is 3. The molecule has 0 atom stereocenters. The number of Topliss-reactive ketones (excluding diaryl/α,β-unsaturated/α-hetero) is 1. The zero-order valence-corrected chi connectivity index (χ0v) is 22.5. The van der Waals surface area contributed by atoms with Crippen LogP contribution in [0.1, 0.15) is 68.8 Å². The van der Waals surface area contributed by atoms with Gasteiger partial charge in [-0.05, 0) is 70.5 Å². The standard InChI is InChI=1S/C28H36N4O5/c1-18(2)24(33)22-17-32-16-21(12-13-23(32)31-22)29-25(34)19-8-10-20(11-9-19)30-26(35)28(5,6)37-15-14-27(3,4)36-7/h8-13,16-18H,14-15H2,1-7H3,(H,29,34)(H,30,35). The van der Waals surface area contributed by atoms with Crippen molar-refractivity contribution in [3.05, 3.63) is 60.0 Å². The van der Waals surface area contributed by atoms with Crippen LogP contribution in [0.2, 0.25) is 0 Å². The number of imidazole rings is 1. The molecule has 0 aliphatic carbocycles. The quantitative estimate of drug-likeness (QED) is 0.354. The van der Waals surface area contributed by atoms with E-state index in [9.17, 15) is 14.4 Å². The molecule has 0 unspecified atom stereocenters. The number of benzene rings is 1. The van der Waals surface area contributed by atoms with E-state index in [0.29, 0.717) is 41.3 Å². The van der Waals surface area contributed by atoms with Crippen LogP contribution in [0.4, 0.5) is 11.4 Å². The molecule has 0 bridgehead atoms. The summed E-state index contributed by atoms with van der Waals surface area (Å²) in [6.07, 6.45) is 4.02. The van der Waals surface area contributed by atoms with Crippen LogP contribution in [0, 0.1) is 5.92 Å². The number of ether oxygens (including phenoxy) is 2. The molecule has 37 heavy (non-hydrogen) atoms. The molecular weight excluding hydrogens is 472 g/mol. The third kappa shape index (κ3) is 7.24. The molecule has 3 rings (SSSR count). The van der Waals surface area contributed by atoms with E-state index in [1.807, 2.05) is 27.7 Å². The van der Waals surface area contributed by atoms with Crippen LogP contribution in [0.5, 0.6) is 0 Å². The van der Waals surface area contributed by atoms with Crippen molar-refractivity contribution in [2.24, 2.45) is 5.92 Å². The maximum atomic E-state index is 12.8. The summed E-state index contributed by atoms with van der Waals surface area (Å²) in [5, 5.41) is 5.68. The van der Waals surface area contributed by atoms with Crippen molar-refractivity contribution in [1.82, 2.24) is 9.38 Å². The molecule has 0 radical (unpaired) electrons. The smallest absolute Gasteiger partial charge is 0.256 e. The molecule has 3 aromatic rings. The maximum absolute atomic E-state index is 12.8. The Kier molecular flexibility index (Phi) is 8.50. The molecule has 2 N–H and O–H groups in total. The largest absolute Gasteiger partial charge is 0.379 e. The fourth-order valence-electron chi connectivity index (χ4n) is 3.39. The van der Waals surface area contributed by atoms with E-state index in [1.165, 1.54) is 0 Å². The van der Waals surface area contributed by atoms with Crippen molar-refractivity contribution in [3.63, 3.8) is 0 Å². The number of carbonyl (C=O) groups excluding carboxylic acids is 3.